The van der Waals surface area contributed by atoms with E-state index in [1.807, 2.05) is 0 Å². The smallest absolute Gasteiger partial charge is 0.164 e. The number of fused-ring (bicyclic) bond motifs is 5. The van der Waals surface area contributed by atoms with Crippen LogP contribution >= 0.6 is 0 Å². The molecule has 0 spiro atoms. The summed E-state index contributed by atoms with van der Waals surface area (Å²) in [6.45, 7) is 0. The summed E-state index contributed by atoms with van der Waals surface area (Å²) in [5.41, 5.74) is 7.51. The summed E-state index contributed by atoms with van der Waals surface area (Å²) in [4.78, 5) is 15.2. The fraction of sp³-hybridized carbons (Fsp3) is 0.0976. The monoisotopic (exact) mass is 579 g/mol. The second-order valence-electron chi connectivity index (χ2n) is 11.8. The van der Waals surface area contributed by atoms with Gasteiger partial charge in [0.05, 0.1) is 0 Å². The Kier molecular flexibility index (Phi) is 6.05. The van der Waals surface area contributed by atoms with Crippen LogP contribution in [0.2, 0.25) is 0 Å². The van der Waals surface area contributed by atoms with Gasteiger partial charge < -0.3 is 4.42 Å². The summed E-state index contributed by atoms with van der Waals surface area (Å²) >= 11 is 0. The number of allylic oxidation sites excluding steroid dienone is 5. The molecule has 0 N–H and O–H groups in total. The van der Waals surface area contributed by atoms with Crippen molar-refractivity contribution in [3.05, 3.63) is 139 Å². The number of furan rings is 1. The molecule has 0 fully saturated rings. The van der Waals surface area contributed by atoms with Gasteiger partial charge in [-0.1, -0.05) is 103 Å². The van der Waals surface area contributed by atoms with E-state index in [0.717, 1.165) is 69.9 Å². The van der Waals surface area contributed by atoms with Gasteiger partial charge >= 0.3 is 0 Å². The maximum absolute atomic E-state index is 6.20. The fourth-order valence-electron chi connectivity index (χ4n) is 6.73. The van der Waals surface area contributed by atoms with Crippen molar-refractivity contribution in [3.8, 4) is 33.9 Å². The van der Waals surface area contributed by atoms with E-state index in [1.54, 1.807) is 0 Å². The lowest BCUT2D eigenvalue weighted by Gasteiger charge is -2.14. The van der Waals surface area contributed by atoms with Crippen LogP contribution in [0, 0.1) is 0 Å². The summed E-state index contributed by atoms with van der Waals surface area (Å²) in [5.74, 6) is 3.14. The van der Waals surface area contributed by atoms with E-state index >= 15 is 0 Å². The normalized spacial score (nSPS) is 14.3. The highest BCUT2D eigenvalue weighted by Gasteiger charge is 2.19. The molecule has 4 heteroatoms. The Morgan fingerprint density at radius 2 is 1.29 bits per heavy atom. The van der Waals surface area contributed by atoms with Gasteiger partial charge in [-0.15, -0.1) is 0 Å². The average Bonchev–Trinajstić information content (AvgIpc) is 3.49. The van der Waals surface area contributed by atoms with Crippen molar-refractivity contribution in [1.29, 1.82) is 0 Å². The molecule has 2 aromatic heterocycles. The van der Waals surface area contributed by atoms with Crippen LogP contribution in [0.5, 0.6) is 0 Å². The molecule has 0 atom stereocenters. The van der Waals surface area contributed by atoms with Crippen LogP contribution < -0.4 is 0 Å². The number of hydrogen-bond donors (Lipinski definition) is 0. The van der Waals surface area contributed by atoms with E-state index in [0.29, 0.717) is 17.5 Å². The summed E-state index contributed by atoms with van der Waals surface area (Å²) < 4.78 is 6.20. The zero-order valence-corrected chi connectivity index (χ0v) is 24.7. The minimum atomic E-state index is 0.676. The number of hydrogen-bond acceptors (Lipinski definition) is 4. The van der Waals surface area contributed by atoms with E-state index < -0.39 is 0 Å². The summed E-state index contributed by atoms with van der Waals surface area (Å²) in [5, 5.41) is 5.80. The Morgan fingerprint density at radius 1 is 0.533 bits per heavy atom. The first-order valence-electron chi connectivity index (χ1n) is 15.7. The molecule has 0 amide bonds. The van der Waals surface area contributed by atoms with Gasteiger partial charge in [0.2, 0.25) is 0 Å². The molecule has 2 aliphatic rings. The summed E-state index contributed by atoms with van der Waals surface area (Å²) in [7, 11) is 0. The Labute approximate surface area is 261 Å². The summed E-state index contributed by atoms with van der Waals surface area (Å²) in [6, 6.07) is 34.3. The van der Waals surface area contributed by atoms with Crippen molar-refractivity contribution in [1.82, 2.24) is 15.0 Å². The van der Waals surface area contributed by atoms with Crippen LogP contribution in [0.3, 0.4) is 0 Å². The lowest BCUT2D eigenvalue weighted by atomic mass is 9.93. The third kappa shape index (κ3) is 4.49. The first-order valence-corrected chi connectivity index (χ1v) is 15.7. The fourth-order valence-corrected chi connectivity index (χ4v) is 6.73. The van der Waals surface area contributed by atoms with E-state index in [4.69, 9.17) is 19.4 Å². The molecule has 0 unspecified atom stereocenters. The van der Waals surface area contributed by atoms with Crippen LogP contribution in [-0.2, 0) is 6.42 Å². The van der Waals surface area contributed by atoms with Gasteiger partial charge in [-0.25, -0.2) is 15.0 Å². The largest absolute Gasteiger partial charge is 0.460 e. The number of aryl methyl sites for hydroxylation is 1. The molecule has 0 bridgehead atoms. The minimum absolute atomic E-state index is 0.676. The molecular formula is C41H29N3O. The molecule has 5 aromatic carbocycles. The van der Waals surface area contributed by atoms with Crippen molar-refractivity contribution < 1.29 is 4.42 Å². The molecule has 45 heavy (non-hydrogen) atoms. The first-order chi connectivity index (χ1) is 22.3. The third-order valence-corrected chi connectivity index (χ3v) is 9.00. The highest BCUT2D eigenvalue weighted by molar-refractivity contribution is 6.05. The Balaban J connectivity index is 1.22. The SMILES string of the molecule is C1=CC(c2nc(-c3ccc4ccccc4c3)nc(-c3ccc(-c4ccc5oc6c(c5c4)C=CCC6)c4ccccc34)n2)=CCC1. The molecule has 2 heterocycles. The van der Waals surface area contributed by atoms with E-state index in [9.17, 15) is 0 Å². The van der Waals surface area contributed by atoms with Gasteiger partial charge in [-0.3, -0.25) is 0 Å². The second-order valence-corrected chi connectivity index (χ2v) is 11.8. The lowest BCUT2D eigenvalue weighted by Crippen LogP contribution is -2.03. The molecule has 0 saturated carbocycles. The van der Waals surface area contributed by atoms with Gasteiger partial charge in [-0.2, -0.15) is 0 Å². The molecule has 0 radical (unpaired) electrons. The maximum Gasteiger partial charge on any atom is 0.164 e. The van der Waals surface area contributed by atoms with Crippen molar-refractivity contribution >= 4 is 44.2 Å². The van der Waals surface area contributed by atoms with Crippen LogP contribution in [0.15, 0.2) is 126 Å². The number of nitrogens with zero attached hydrogens (tertiary/aromatic N) is 3. The van der Waals surface area contributed by atoms with Crippen LogP contribution in [0.25, 0.3) is 78.1 Å². The lowest BCUT2D eigenvalue weighted by molar-refractivity contribution is 0.546. The van der Waals surface area contributed by atoms with Gasteiger partial charge in [0.25, 0.3) is 0 Å². The zero-order chi connectivity index (χ0) is 29.7. The van der Waals surface area contributed by atoms with E-state index in [2.05, 4.69) is 127 Å². The van der Waals surface area contributed by atoms with Crippen molar-refractivity contribution in [2.24, 2.45) is 0 Å². The van der Waals surface area contributed by atoms with Gasteiger partial charge in [0.15, 0.2) is 17.5 Å². The first kappa shape index (κ1) is 25.8. The molecule has 0 aliphatic heterocycles. The second kappa shape index (κ2) is 10.5. The Hall–Kier alpha value is -5.61. The zero-order valence-electron chi connectivity index (χ0n) is 24.7. The van der Waals surface area contributed by atoms with Crippen molar-refractivity contribution in [3.63, 3.8) is 0 Å². The molecule has 2 aliphatic carbocycles. The van der Waals surface area contributed by atoms with E-state index in [1.165, 1.54) is 27.5 Å². The molecule has 7 aromatic rings. The Morgan fingerprint density at radius 3 is 2.18 bits per heavy atom. The number of benzene rings is 5. The topological polar surface area (TPSA) is 51.8 Å². The average molecular weight is 580 g/mol. The van der Waals surface area contributed by atoms with Crippen molar-refractivity contribution in [2.45, 2.75) is 25.7 Å². The number of aromatic nitrogens is 3. The molecular weight excluding hydrogens is 550 g/mol. The highest BCUT2D eigenvalue weighted by Crippen LogP contribution is 2.39. The standard InChI is InChI=1S/C41H29N3O/c1-2-11-27(12-3-1)39-42-40(30-19-18-26-10-4-5-13-28(26)24-30)44-41(43-39)35-22-21-31(32-14-6-7-15-33(32)35)29-20-23-38-36(25-29)34-16-8-9-17-37(34)45-38/h2,4-8,10-16,18-25H,1,3,9,17H2. The van der Waals surface area contributed by atoms with Crippen LogP contribution in [-0.4, -0.2) is 15.0 Å². The summed E-state index contributed by atoms with van der Waals surface area (Å²) in [6.07, 6.45) is 15.0. The Bertz CT molecular complexity index is 2390. The van der Waals surface area contributed by atoms with Gasteiger partial charge in [0, 0.05) is 34.1 Å². The number of rotatable bonds is 4. The molecule has 214 valence electrons. The van der Waals surface area contributed by atoms with Crippen molar-refractivity contribution in [2.75, 3.05) is 0 Å². The van der Waals surface area contributed by atoms with Crippen LogP contribution in [0.1, 0.15) is 36.4 Å². The van der Waals surface area contributed by atoms with Gasteiger partial charge in [0.1, 0.15) is 11.3 Å². The molecule has 4 nitrogen and oxygen atoms in total. The third-order valence-electron chi connectivity index (χ3n) is 9.00. The minimum Gasteiger partial charge on any atom is -0.460 e. The van der Waals surface area contributed by atoms with Crippen LogP contribution in [0.4, 0.5) is 0 Å². The molecule has 9 rings (SSSR count). The maximum atomic E-state index is 6.20. The predicted octanol–water partition coefficient (Wildman–Crippen LogP) is 10.6. The van der Waals surface area contributed by atoms with Gasteiger partial charge in [-0.05, 0) is 76.2 Å². The highest BCUT2D eigenvalue weighted by atomic mass is 16.3. The van der Waals surface area contributed by atoms with E-state index in [-0.39, 0.29) is 0 Å². The quantitative estimate of drug-likeness (QED) is 0.208. The molecule has 0 saturated heterocycles. The predicted molar refractivity (Wildman–Crippen MR) is 185 cm³/mol.